The van der Waals surface area contributed by atoms with Gasteiger partial charge in [0.25, 0.3) is 0 Å². The van der Waals surface area contributed by atoms with Gasteiger partial charge in [-0.1, -0.05) is 18.2 Å². The van der Waals surface area contributed by atoms with Gasteiger partial charge in [-0.25, -0.2) is 0 Å². The molecule has 0 radical (unpaired) electrons. The van der Waals surface area contributed by atoms with Gasteiger partial charge >= 0.3 is 0 Å². The van der Waals surface area contributed by atoms with Crippen LogP contribution >= 0.6 is 12.4 Å². The Bertz CT molecular complexity index is 521. The number of benzene rings is 2. The van der Waals surface area contributed by atoms with Crippen molar-refractivity contribution in [3.8, 4) is 5.75 Å². The van der Waals surface area contributed by atoms with E-state index >= 15 is 0 Å². The minimum absolute atomic E-state index is 0. The van der Waals surface area contributed by atoms with Gasteiger partial charge in [0.2, 0.25) is 0 Å². The Morgan fingerprint density at radius 1 is 1.06 bits per heavy atom. The number of phenolic OH excluding ortho intramolecular Hbond substituents is 1. The second-order valence-corrected chi connectivity index (χ2v) is 4.44. The number of hydrogen-bond donors (Lipinski definition) is 2. The van der Waals surface area contributed by atoms with E-state index in [9.17, 15) is 5.11 Å². The summed E-state index contributed by atoms with van der Waals surface area (Å²) in [6.07, 6.45) is 2.49. The van der Waals surface area contributed by atoms with Gasteiger partial charge in [0, 0.05) is 6.04 Å². The minimum atomic E-state index is 0. The zero-order chi connectivity index (χ0) is 11.0. The molecule has 3 rings (SSSR count). The lowest BCUT2D eigenvalue weighted by molar-refractivity contribution is 0.476. The largest absolute Gasteiger partial charge is 0.508 e. The zero-order valence-corrected chi connectivity index (χ0v) is 10.3. The van der Waals surface area contributed by atoms with Crippen LogP contribution < -0.4 is 5.32 Å². The number of rotatable bonds is 1. The minimum Gasteiger partial charge on any atom is -0.508 e. The van der Waals surface area contributed by atoms with Crippen LogP contribution in [-0.2, 0) is 0 Å². The molecule has 17 heavy (non-hydrogen) atoms. The highest BCUT2D eigenvalue weighted by molar-refractivity contribution is 5.85. The van der Waals surface area contributed by atoms with Gasteiger partial charge in [-0.2, -0.15) is 0 Å². The zero-order valence-electron chi connectivity index (χ0n) is 9.52. The van der Waals surface area contributed by atoms with E-state index in [1.54, 1.807) is 12.1 Å². The molecular formula is C14H16ClNO. The van der Waals surface area contributed by atoms with Crippen molar-refractivity contribution in [2.24, 2.45) is 0 Å². The maximum atomic E-state index is 9.40. The molecule has 2 aromatic carbocycles. The predicted octanol–water partition coefficient (Wildman–Crippen LogP) is 3.39. The van der Waals surface area contributed by atoms with Gasteiger partial charge in [-0.15, -0.1) is 12.4 Å². The maximum Gasteiger partial charge on any atom is 0.116 e. The molecule has 0 aliphatic carbocycles. The highest BCUT2D eigenvalue weighted by atomic mass is 35.5. The van der Waals surface area contributed by atoms with Crippen molar-refractivity contribution in [3.63, 3.8) is 0 Å². The Morgan fingerprint density at radius 2 is 1.82 bits per heavy atom. The summed E-state index contributed by atoms with van der Waals surface area (Å²) in [5.74, 6) is 0.333. The van der Waals surface area contributed by atoms with Gasteiger partial charge in [-0.05, 0) is 53.9 Å². The number of phenols is 1. The molecule has 1 aliphatic heterocycles. The van der Waals surface area contributed by atoms with E-state index in [1.165, 1.54) is 23.8 Å². The summed E-state index contributed by atoms with van der Waals surface area (Å²) in [6.45, 7) is 1.12. The molecule has 1 heterocycles. The highest BCUT2D eigenvalue weighted by Crippen LogP contribution is 2.27. The Balaban J connectivity index is 0.00000108. The summed E-state index contributed by atoms with van der Waals surface area (Å²) >= 11 is 0. The van der Waals surface area contributed by atoms with Crippen LogP contribution in [0.1, 0.15) is 24.4 Å². The van der Waals surface area contributed by atoms with E-state index in [-0.39, 0.29) is 12.4 Å². The molecule has 0 bridgehead atoms. The number of halogens is 1. The van der Waals surface area contributed by atoms with E-state index in [0.717, 1.165) is 11.9 Å². The molecule has 1 fully saturated rings. The third kappa shape index (κ3) is 2.38. The molecule has 0 amide bonds. The number of aromatic hydroxyl groups is 1. The quantitative estimate of drug-likeness (QED) is 0.812. The SMILES string of the molecule is Cl.Oc1ccc2cc([C@H]3CCCN3)ccc2c1. The van der Waals surface area contributed by atoms with Gasteiger partial charge in [0.15, 0.2) is 0 Å². The Kier molecular flexibility index (Phi) is 3.55. The van der Waals surface area contributed by atoms with Crippen LogP contribution in [0.4, 0.5) is 0 Å². The molecule has 0 spiro atoms. The summed E-state index contributed by atoms with van der Waals surface area (Å²) in [5.41, 5.74) is 1.36. The third-order valence-electron chi connectivity index (χ3n) is 3.31. The van der Waals surface area contributed by atoms with Crippen molar-refractivity contribution in [1.29, 1.82) is 0 Å². The summed E-state index contributed by atoms with van der Waals surface area (Å²) in [4.78, 5) is 0. The first kappa shape index (κ1) is 12.2. The number of hydrogen-bond acceptors (Lipinski definition) is 2. The first-order chi connectivity index (χ1) is 7.83. The molecule has 1 saturated heterocycles. The van der Waals surface area contributed by atoms with E-state index < -0.39 is 0 Å². The molecule has 0 aromatic heterocycles. The van der Waals surface area contributed by atoms with E-state index in [2.05, 4.69) is 23.5 Å². The second kappa shape index (κ2) is 4.94. The van der Waals surface area contributed by atoms with Crippen molar-refractivity contribution >= 4 is 23.2 Å². The lowest BCUT2D eigenvalue weighted by Crippen LogP contribution is -2.12. The van der Waals surface area contributed by atoms with E-state index in [0.29, 0.717) is 11.8 Å². The first-order valence-corrected chi connectivity index (χ1v) is 5.79. The van der Waals surface area contributed by atoms with Gasteiger partial charge in [0.05, 0.1) is 0 Å². The Morgan fingerprint density at radius 3 is 2.59 bits per heavy atom. The lowest BCUT2D eigenvalue weighted by Gasteiger charge is -2.11. The van der Waals surface area contributed by atoms with Crippen LogP contribution in [0.3, 0.4) is 0 Å². The van der Waals surface area contributed by atoms with Crippen molar-refractivity contribution in [3.05, 3.63) is 42.0 Å². The fourth-order valence-electron chi connectivity index (χ4n) is 2.44. The molecule has 2 aromatic rings. The monoisotopic (exact) mass is 249 g/mol. The fourth-order valence-corrected chi connectivity index (χ4v) is 2.44. The summed E-state index contributed by atoms with van der Waals surface area (Å²) in [5, 5.41) is 15.2. The molecule has 1 aliphatic rings. The fraction of sp³-hybridized carbons (Fsp3) is 0.286. The number of nitrogens with one attached hydrogen (secondary N) is 1. The van der Waals surface area contributed by atoms with Crippen LogP contribution in [-0.4, -0.2) is 11.7 Å². The number of fused-ring (bicyclic) bond motifs is 1. The van der Waals surface area contributed by atoms with Crippen molar-refractivity contribution in [2.75, 3.05) is 6.54 Å². The van der Waals surface area contributed by atoms with E-state index in [1.807, 2.05) is 6.07 Å². The Labute approximate surface area is 107 Å². The standard InChI is InChI=1S/C14H15NO.ClH/c16-13-6-5-10-8-12(4-3-11(10)9-13)14-2-1-7-15-14;/h3-6,8-9,14-16H,1-2,7H2;1H/t14-;/m1./s1. The van der Waals surface area contributed by atoms with Crippen molar-refractivity contribution in [2.45, 2.75) is 18.9 Å². The smallest absolute Gasteiger partial charge is 0.116 e. The molecule has 3 heteroatoms. The van der Waals surface area contributed by atoms with Crippen LogP contribution in [0.5, 0.6) is 5.75 Å². The first-order valence-electron chi connectivity index (χ1n) is 5.79. The van der Waals surface area contributed by atoms with E-state index in [4.69, 9.17) is 0 Å². The summed E-state index contributed by atoms with van der Waals surface area (Å²) in [7, 11) is 0. The highest BCUT2D eigenvalue weighted by Gasteiger charge is 2.15. The van der Waals surface area contributed by atoms with Crippen LogP contribution in [0.2, 0.25) is 0 Å². The average molecular weight is 250 g/mol. The van der Waals surface area contributed by atoms with Gasteiger partial charge in [0.1, 0.15) is 5.75 Å². The van der Waals surface area contributed by atoms with Gasteiger partial charge < -0.3 is 10.4 Å². The second-order valence-electron chi connectivity index (χ2n) is 4.44. The molecule has 90 valence electrons. The maximum absolute atomic E-state index is 9.40. The van der Waals surface area contributed by atoms with Crippen molar-refractivity contribution in [1.82, 2.24) is 5.32 Å². The van der Waals surface area contributed by atoms with Gasteiger partial charge in [-0.3, -0.25) is 0 Å². The topological polar surface area (TPSA) is 32.3 Å². The normalized spacial score (nSPS) is 19.2. The molecule has 1 atom stereocenters. The molecule has 2 N–H and O–H groups in total. The lowest BCUT2D eigenvalue weighted by atomic mass is 10.0. The van der Waals surface area contributed by atoms with Crippen LogP contribution in [0, 0.1) is 0 Å². The predicted molar refractivity (Wildman–Crippen MR) is 72.8 cm³/mol. The summed E-state index contributed by atoms with van der Waals surface area (Å²) < 4.78 is 0. The Hall–Kier alpha value is -1.25. The van der Waals surface area contributed by atoms with Crippen LogP contribution in [0.25, 0.3) is 10.8 Å². The van der Waals surface area contributed by atoms with Crippen molar-refractivity contribution < 1.29 is 5.11 Å². The molecule has 0 unspecified atom stereocenters. The average Bonchev–Trinajstić information content (AvgIpc) is 2.82. The summed E-state index contributed by atoms with van der Waals surface area (Å²) in [6, 6.07) is 12.5. The molecular weight excluding hydrogens is 234 g/mol. The molecule has 2 nitrogen and oxygen atoms in total. The molecule has 0 saturated carbocycles. The van der Waals surface area contributed by atoms with Crippen LogP contribution in [0.15, 0.2) is 36.4 Å². The third-order valence-corrected chi connectivity index (χ3v) is 3.31.